The van der Waals surface area contributed by atoms with Gasteiger partial charge in [-0.15, -0.1) is 9.46 Å². The van der Waals surface area contributed by atoms with Gasteiger partial charge in [0.1, 0.15) is 11.2 Å². The smallest absolute Gasteiger partial charge is 0.407 e. The quantitative estimate of drug-likeness (QED) is 0.132. The van der Waals surface area contributed by atoms with Crippen LogP contribution in [0.15, 0.2) is 24.3 Å². The molecule has 2 aromatic rings. The second-order valence-corrected chi connectivity index (χ2v) is 13.2. The predicted molar refractivity (Wildman–Crippen MR) is 179 cm³/mol. The van der Waals surface area contributed by atoms with Crippen molar-refractivity contribution in [2.45, 2.75) is 78.4 Å². The number of ether oxygens (including phenoxy) is 2. The Hall–Kier alpha value is -5.82. The summed E-state index contributed by atoms with van der Waals surface area (Å²) in [5.41, 5.74) is -1.56. The van der Waals surface area contributed by atoms with Gasteiger partial charge in [0.05, 0.1) is 12.8 Å². The van der Waals surface area contributed by atoms with Crippen molar-refractivity contribution >= 4 is 35.9 Å². The van der Waals surface area contributed by atoms with Crippen molar-refractivity contribution in [1.82, 2.24) is 29.9 Å². The van der Waals surface area contributed by atoms with Crippen molar-refractivity contribution in [1.29, 1.82) is 0 Å². The number of hydrogen-bond acceptors (Lipinski definition) is 14. The number of nitrogens with one attached hydrogen (secondary N) is 2. The molecule has 2 aromatic heterocycles. The molecule has 0 aliphatic carbocycles. The van der Waals surface area contributed by atoms with E-state index in [-0.39, 0.29) is 52.1 Å². The van der Waals surface area contributed by atoms with Crippen LogP contribution >= 0.6 is 0 Å². The van der Waals surface area contributed by atoms with Gasteiger partial charge in [-0.3, -0.25) is 9.59 Å². The van der Waals surface area contributed by atoms with Gasteiger partial charge in [-0.05, 0) is 41.5 Å². The van der Waals surface area contributed by atoms with Crippen LogP contribution in [0.3, 0.4) is 0 Å². The summed E-state index contributed by atoms with van der Waals surface area (Å²) in [5, 5.41) is 44.0. The van der Waals surface area contributed by atoms with Gasteiger partial charge >= 0.3 is 24.1 Å². The largest absolute Gasteiger partial charge is 0.492 e. The normalized spacial score (nSPS) is 11.3. The lowest BCUT2D eigenvalue weighted by Crippen LogP contribution is -2.44. The Morgan fingerprint density at radius 3 is 1.15 bits per heavy atom. The fourth-order valence-electron chi connectivity index (χ4n) is 4.19. The summed E-state index contributed by atoms with van der Waals surface area (Å²) in [5.74, 6) is -5.18. The number of aromatic hydroxyl groups is 4. The first-order valence-corrected chi connectivity index (χ1v) is 16.3. The maximum absolute atomic E-state index is 13.3. The summed E-state index contributed by atoms with van der Waals surface area (Å²) in [4.78, 5) is 88.2. The van der Waals surface area contributed by atoms with Gasteiger partial charge in [0, 0.05) is 76.4 Å². The summed E-state index contributed by atoms with van der Waals surface area (Å²) in [6.07, 6.45) is -2.84. The van der Waals surface area contributed by atoms with Crippen LogP contribution in [0.4, 0.5) is 9.59 Å². The van der Waals surface area contributed by atoms with Crippen LogP contribution in [0.1, 0.15) is 67.2 Å². The highest BCUT2D eigenvalue weighted by molar-refractivity contribution is 5.80. The lowest BCUT2D eigenvalue weighted by molar-refractivity contribution is -0.148. The fraction of sp³-hybridized carbons (Fsp3) is 0.562. The van der Waals surface area contributed by atoms with Gasteiger partial charge in [0.15, 0.2) is 0 Å². The SMILES string of the molecule is CC(C)(C)OC(=O)NCCC(=O)N(CCC(=O)On1c(O)ccc1O)CCN(CCC(=O)On1c(O)ccc1O)C(=O)CCNC(=O)OC(C)(C)C. The lowest BCUT2D eigenvalue weighted by atomic mass is 10.2. The van der Waals surface area contributed by atoms with E-state index in [9.17, 15) is 49.2 Å². The lowest BCUT2D eigenvalue weighted by Gasteiger charge is -2.28. The van der Waals surface area contributed by atoms with E-state index in [0.717, 1.165) is 24.3 Å². The van der Waals surface area contributed by atoms with Crippen LogP contribution in [0, 0.1) is 0 Å². The van der Waals surface area contributed by atoms with Crippen molar-refractivity contribution < 1.29 is 68.3 Å². The average Bonchev–Trinajstić information content (AvgIpc) is 3.50. The molecule has 0 saturated heterocycles. The van der Waals surface area contributed by atoms with Crippen LogP contribution in [0.5, 0.6) is 23.5 Å². The Kier molecular flexibility index (Phi) is 15.4. The first-order chi connectivity index (χ1) is 24.1. The molecule has 0 radical (unpaired) electrons. The van der Waals surface area contributed by atoms with Crippen LogP contribution in [-0.2, 0) is 28.7 Å². The standard InChI is InChI=1S/C32H48N6O14/c1-31(2,3)49-29(47)33-15-11-21(39)35(17-13-27(45)51-37-23(41)7-8-24(37)42)19-20-36(22(40)12-16-34-30(48)50-32(4,5)6)18-14-28(46)52-38-25(43)9-10-26(38)44/h7-10,41-44H,11-20H2,1-6H3,(H,33,47)(H,34,48). The second kappa shape index (κ2) is 19.0. The van der Waals surface area contributed by atoms with E-state index < -0.39 is 83.5 Å². The highest BCUT2D eigenvalue weighted by atomic mass is 16.7. The first kappa shape index (κ1) is 42.3. The Balaban J connectivity index is 2.16. The predicted octanol–water partition coefficient (Wildman–Crippen LogP) is 0.990. The molecule has 0 bridgehead atoms. The highest BCUT2D eigenvalue weighted by Gasteiger charge is 2.24. The van der Waals surface area contributed by atoms with E-state index in [4.69, 9.17) is 19.1 Å². The zero-order chi connectivity index (χ0) is 39.2. The zero-order valence-corrected chi connectivity index (χ0v) is 30.0. The summed E-state index contributed by atoms with van der Waals surface area (Å²) >= 11 is 0. The molecule has 4 amide bonds. The van der Waals surface area contributed by atoms with Crippen molar-refractivity contribution in [2.75, 3.05) is 39.3 Å². The molecule has 290 valence electrons. The van der Waals surface area contributed by atoms with Gasteiger partial charge in [0.25, 0.3) is 0 Å². The van der Waals surface area contributed by atoms with Crippen molar-refractivity contribution in [3.8, 4) is 23.5 Å². The molecule has 0 aliphatic heterocycles. The highest BCUT2D eigenvalue weighted by Crippen LogP contribution is 2.20. The topological polar surface area (TPSA) is 261 Å². The zero-order valence-electron chi connectivity index (χ0n) is 30.0. The average molecular weight is 741 g/mol. The van der Waals surface area contributed by atoms with E-state index in [1.54, 1.807) is 41.5 Å². The van der Waals surface area contributed by atoms with Crippen molar-refractivity contribution in [2.24, 2.45) is 0 Å². The number of aromatic nitrogens is 2. The van der Waals surface area contributed by atoms with Crippen molar-refractivity contribution in [3.05, 3.63) is 24.3 Å². The van der Waals surface area contributed by atoms with Crippen molar-refractivity contribution in [3.63, 3.8) is 0 Å². The maximum Gasteiger partial charge on any atom is 0.407 e. The number of rotatable bonds is 17. The maximum atomic E-state index is 13.3. The number of nitrogens with zero attached hydrogens (tertiary/aromatic N) is 4. The molecule has 2 rings (SSSR count). The third-order valence-corrected chi connectivity index (χ3v) is 6.51. The van der Waals surface area contributed by atoms with Crippen LogP contribution in [0.2, 0.25) is 0 Å². The number of carbonyl (C=O) groups is 6. The minimum atomic E-state index is -0.938. The molecule has 0 unspecified atom stereocenters. The molecule has 20 heteroatoms. The number of carbonyl (C=O) groups excluding carboxylic acids is 6. The first-order valence-electron chi connectivity index (χ1n) is 16.3. The molecular weight excluding hydrogens is 692 g/mol. The number of alkyl carbamates (subject to hydrolysis) is 2. The number of amides is 4. The Morgan fingerprint density at radius 1 is 0.558 bits per heavy atom. The molecule has 0 fully saturated rings. The van der Waals surface area contributed by atoms with E-state index in [0.29, 0.717) is 9.46 Å². The summed E-state index contributed by atoms with van der Waals surface area (Å²) in [6, 6.07) is 4.35. The molecule has 20 nitrogen and oxygen atoms in total. The van der Waals surface area contributed by atoms with Gasteiger partial charge in [0.2, 0.25) is 35.3 Å². The van der Waals surface area contributed by atoms with E-state index in [2.05, 4.69) is 10.6 Å². The van der Waals surface area contributed by atoms with E-state index in [1.807, 2.05) is 0 Å². The van der Waals surface area contributed by atoms with Gasteiger partial charge < -0.3 is 60.0 Å². The minimum Gasteiger partial charge on any atom is -0.492 e. The Morgan fingerprint density at radius 2 is 0.865 bits per heavy atom. The molecule has 52 heavy (non-hydrogen) atoms. The Labute approximate surface area is 299 Å². The molecule has 0 atom stereocenters. The van der Waals surface area contributed by atoms with E-state index in [1.165, 1.54) is 9.80 Å². The van der Waals surface area contributed by atoms with Gasteiger partial charge in [-0.1, -0.05) is 0 Å². The fourth-order valence-corrected chi connectivity index (χ4v) is 4.19. The summed E-state index contributed by atoms with van der Waals surface area (Å²) < 4.78 is 11.3. The molecule has 0 aromatic carbocycles. The molecule has 2 heterocycles. The monoisotopic (exact) mass is 740 g/mol. The van der Waals surface area contributed by atoms with Gasteiger partial charge in [-0.2, -0.15) is 0 Å². The molecule has 0 saturated carbocycles. The van der Waals surface area contributed by atoms with Gasteiger partial charge in [-0.25, -0.2) is 19.2 Å². The third-order valence-electron chi connectivity index (χ3n) is 6.51. The van der Waals surface area contributed by atoms with Crippen LogP contribution in [0.25, 0.3) is 0 Å². The summed E-state index contributed by atoms with van der Waals surface area (Å²) in [7, 11) is 0. The third kappa shape index (κ3) is 15.4. The van der Waals surface area contributed by atoms with Crippen LogP contribution < -0.4 is 20.3 Å². The van der Waals surface area contributed by atoms with E-state index >= 15 is 0 Å². The molecule has 0 spiro atoms. The summed E-state index contributed by atoms with van der Waals surface area (Å²) in [6.45, 7) is 8.85. The Bertz CT molecular complexity index is 1400. The number of hydrogen-bond donors (Lipinski definition) is 6. The molecular formula is C32H48N6O14. The second-order valence-electron chi connectivity index (χ2n) is 13.2. The van der Waals surface area contributed by atoms with Crippen LogP contribution in [-0.4, -0.2) is 126 Å². The molecule has 0 aliphatic rings. The minimum absolute atomic E-state index is 0.135. The molecule has 6 N–H and O–H groups in total.